The second-order valence-corrected chi connectivity index (χ2v) is 9.85. The quantitative estimate of drug-likeness (QED) is 0.344. The van der Waals surface area contributed by atoms with Gasteiger partial charge in [0, 0.05) is 39.7 Å². The van der Waals surface area contributed by atoms with Crippen molar-refractivity contribution in [1.82, 2.24) is 14.8 Å². The molecule has 1 aliphatic heterocycles. The number of benzene rings is 2. The van der Waals surface area contributed by atoms with E-state index in [-0.39, 0.29) is 5.91 Å². The predicted octanol–water partition coefficient (Wildman–Crippen LogP) is 6.28. The number of amides is 1. The van der Waals surface area contributed by atoms with Crippen molar-refractivity contribution in [2.75, 3.05) is 5.32 Å². The third-order valence-corrected chi connectivity index (χ3v) is 7.75. The van der Waals surface area contributed by atoms with E-state index in [0.29, 0.717) is 5.56 Å². The van der Waals surface area contributed by atoms with Crippen molar-refractivity contribution in [3.05, 3.63) is 82.3 Å². The fourth-order valence-electron chi connectivity index (χ4n) is 3.96. The second kappa shape index (κ2) is 9.71. The molecule has 1 aliphatic rings. The minimum Gasteiger partial charge on any atom is -0.322 e. The number of hydrogen-bond acceptors (Lipinski definition) is 5. The van der Waals surface area contributed by atoms with Crippen molar-refractivity contribution in [2.45, 2.75) is 42.9 Å². The van der Waals surface area contributed by atoms with Crippen LogP contribution in [0.1, 0.15) is 40.3 Å². The molecule has 32 heavy (non-hydrogen) atoms. The van der Waals surface area contributed by atoms with Gasteiger partial charge < -0.3 is 9.88 Å². The lowest BCUT2D eigenvalue weighted by Crippen LogP contribution is -2.13. The monoisotopic (exact) mass is 460 g/mol. The lowest BCUT2D eigenvalue weighted by Gasteiger charge is -2.11. The zero-order chi connectivity index (χ0) is 21.8. The molecular formula is C25H24N4OS2. The highest BCUT2D eigenvalue weighted by atomic mass is 32.2. The average Bonchev–Trinajstić information content (AvgIpc) is 3.43. The maximum atomic E-state index is 13.1. The number of aromatic nitrogens is 3. The van der Waals surface area contributed by atoms with Gasteiger partial charge in [0.05, 0.1) is 5.56 Å². The summed E-state index contributed by atoms with van der Waals surface area (Å²) in [5.41, 5.74) is 2.43. The van der Waals surface area contributed by atoms with E-state index in [1.807, 2.05) is 48.5 Å². The molecule has 4 aromatic rings. The lowest BCUT2D eigenvalue weighted by atomic mass is 10.1. The molecule has 0 aliphatic carbocycles. The Bertz CT molecular complexity index is 1220. The summed E-state index contributed by atoms with van der Waals surface area (Å²) in [5.74, 6) is 2.69. The molecular weight excluding hydrogens is 436 g/mol. The van der Waals surface area contributed by atoms with E-state index in [4.69, 9.17) is 0 Å². The minimum absolute atomic E-state index is 0.100. The highest BCUT2D eigenvalue weighted by molar-refractivity contribution is 7.98. The van der Waals surface area contributed by atoms with Crippen LogP contribution in [0.2, 0.25) is 0 Å². The molecule has 3 heterocycles. The summed E-state index contributed by atoms with van der Waals surface area (Å²) in [4.78, 5) is 15.4. The van der Waals surface area contributed by atoms with Crippen LogP contribution in [0.4, 0.5) is 5.69 Å². The van der Waals surface area contributed by atoms with Gasteiger partial charge in [-0.25, -0.2) is 0 Å². The van der Waals surface area contributed by atoms with Gasteiger partial charge in [0.15, 0.2) is 5.82 Å². The number of nitrogens with zero attached hydrogens (tertiary/aromatic N) is 3. The molecule has 1 N–H and O–H groups in total. The van der Waals surface area contributed by atoms with Gasteiger partial charge >= 0.3 is 0 Å². The maximum absolute atomic E-state index is 13.1. The molecule has 5 nitrogen and oxygen atoms in total. The number of carbonyl (C=O) groups is 1. The molecule has 0 radical (unpaired) electrons. The first kappa shape index (κ1) is 21.0. The zero-order valence-electron chi connectivity index (χ0n) is 17.7. The zero-order valence-corrected chi connectivity index (χ0v) is 19.3. The van der Waals surface area contributed by atoms with Crippen molar-refractivity contribution in [3.8, 4) is 11.4 Å². The van der Waals surface area contributed by atoms with Gasteiger partial charge in [-0.3, -0.25) is 4.79 Å². The topological polar surface area (TPSA) is 59.8 Å². The molecule has 0 fully saturated rings. The number of anilines is 1. The summed E-state index contributed by atoms with van der Waals surface area (Å²) in [6.45, 7) is 0.948. The fourth-order valence-corrected chi connectivity index (χ4v) is 5.78. The summed E-state index contributed by atoms with van der Waals surface area (Å²) in [6, 6.07) is 19.9. The van der Waals surface area contributed by atoms with Crippen LogP contribution in [0.3, 0.4) is 0 Å². The van der Waals surface area contributed by atoms with Gasteiger partial charge in [-0.1, -0.05) is 36.8 Å². The number of aryl methyl sites for hydroxylation is 1. The summed E-state index contributed by atoms with van der Waals surface area (Å²) >= 11 is 3.43. The predicted molar refractivity (Wildman–Crippen MR) is 131 cm³/mol. The molecule has 162 valence electrons. The number of carbonyl (C=O) groups excluding carboxylic acids is 1. The minimum atomic E-state index is -0.100. The van der Waals surface area contributed by atoms with Crippen LogP contribution < -0.4 is 5.32 Å². The Morgan fingerprint density at radius 2 is 1.97 bits per heavy atom. The molecule has 0 bridgehead atoms. The van der Waals surface area contributed by atoms with E-state index in [0.717, 1.165) is 59.4 Å². The second-order valence-electron chi connectivity index (χ2n) is 7.80. The third kappa shape index (κ3) is 4.64. The van der Waals surface area contributed by atoms with E-state index in [1.165, 1.54) is 11.3 Å². The summed E-state index contributed by atoms with van der Waals surface area (Å²) < 4.78 is 2.23. The van der Waals surface area contributed by atoms with Gasteiger partial charge in [-0.05, 0) is 48.6 Å². The van der Waals surface area contributed by atoms with Crippen molar-refractivity contribution in [2.24, 2.45) is 0 Å². The Morgan fingerprint density at radius 1 is 1.03 bits per heavy atom. The standard InChI is InChI=1S/C25H24N4OS2/c30-25(21-11-3-4-12-22(21)32-17-20-10-7-15-31-20)26-19-9-6-8-18(16-19)24-28-27-23-13-2-1-5-14-29(23)24/h3-4,6-12,15-16H,1-2,5,13-14,17H2,(H,26,30). The Hall–Kier alpha value is -2.90. The molecule has 2 aromatic carbocycles. The summed E-state index contributed by atoms with van der Waals surface area (Å²) in [6.07, 6.45) is 4.51. The van der Waals surface area contributed by atoms with Crippen LogP contribution in [-0.4, -0.2) is 20.7 Å². The number of nitrogens with one attached hydrogen (secondary N) is 1. The first-order chi connectivity index (χ1) is 15.8. The van der Waals surface area contributed by atoms with Crippen molar-refractivity contribution in [3.63, 3.8) is 0 Å². The highest BCUT2D eigenvalue weighted by Gasteiger charge is 2.17. The Kier molecular flexibility index (Phi) is 6.36. The molecule has 0 unspecified atom stereocenters. The normalized spacial score (nSPS) is 13.4. The maximum Gasteiger partial charge on any atom is 0.256 e. The molecule has 0 saturated carbocycles. The van der Waals surface area contributed by atoms with E-state index in [2.05, 4.69) is 37.6 Å². The molecule has 7 heteroatoms. The van der Waals surface area contributed by atoms with Crippen LogP contribution in [0.5, 0.6) is 0 Å². The van der Waals surface area contributed by atoms with Gasteiger partial charge in [0.2, 0.25) is 0 Å². The Morgan fingerprint density at radius 3 is 2.88 bits per heavy atom. The highest BCUT2D eigenvalue weighted by Crippen LogP contribution is 2.29. The van der Waals surface area contributed by atoms with Crippen molar-refractivity contribution in [1.29, 1.82) is 0 Å². The molecule has 5 rings (SSSR count). The van der Waals surface area contributed by atoms with E-state index in [9.17, 15) is 4.79 Å². The lowest BCUT2D eigenvalue weighted by molar-refractivity contribution is 0.102. The number of thiophene rings is 1. The van der Waals surface area contributed by atoms with Crippen molar-refractivity contribution < 1.29 is 4.79 Å². The van der Waals surface area contributed by atoms with Crippen LogP contribution in [-0.2, 0) is 18.7 Å². The van der Waals surface area contributed by atoms with Crippen LogP contribution in [0.25, 0.3) is 11.4 Å². The van der Waals surface area contributed by atoms with E-state index in [1.54, 1.807) is 23.1 Å². The summed E-state index contributed by atoms with van der Waals surface area (Å²) in [5, 5.41) is 14.0. The van der Waals surface area contributed by atoms with Gasteiger partial charge in [0.1, 0.15) is 5.82 Å². The van der Waals surface area contributed by atoms with Crippen LogP contribution in [0, 0.1) is 0 Å². The fraction of sp³-hybridized carbons (Fsp3) is 0.240. The average molecular weight is 461 g/mol. The largest absolute Gasteiger partial charge is 0.322 e. The smallest absolute Gasteiger partial charge is 0.256 e. The third-order valence-electron chi connectivity index (χ3n) is 5.57. The number of thioether (sulfide) groups is 1. The molecule has 0 atom stereocenters. The first-order valence-electron chi connectivity index (χ1n) is 10.9. The number of fused-ring (bicyclic) bond motifs is 1. The SMILES string of the molecule is O=C(Nc1cccc(-c2nnc3n2CCCCC3)c1)c1ccccc1SCc1cccs1. The number of hydrogen-bond donors (Lipinski definition) is 1. The van der Waals surface area contributed by atoms with E-state index < -0.39 is 0 Å². The number of rotatable bonds is 6. The summed E-state index contributed by atoms with van der Waals surface area (Å²) in [7, 11) is 0. The Balaban J connectivity index is 1.35. The van der Waals surface area contributed by atoms with Crippen molar-refractivity contribution >= 4 is 34.7 Å². The first-order valence-corrected chi connectivity index (χ1v) is 12.7. The van der Waals surface area contributed by atoms with Crippen LogP contribution >= 0.6 is 23.1 Å². The molecule has 1 amide bonds. The van der Waals surface area contributed by atoms with E-state index >= 15 is 0 Å². The Labute approximate surface area is 195 Å². The molecule has 0 spiro atoms. The van der Waals surface area contributed by atoms with Crippen LogP contribution in [0.15, 0.2) is 70.9 Å². The van der Waals surface area contributed by atoms with Gasteiger partial charge in [-0.2, -0.15) is 0 Å². The molecule has 2 aromatic heterocycles. The van der Waals surface area contributed by atoms with Gasteiger partial charge in [-0.15, -0.1) is 33.3 Å². The van der Waals surface area contributed by atoms with Gasteiger partial charge in [0.25, 0.3) is 5.91 Å². The molecule has 0 saturated heterocycles.